The smallest absolute Gasteiger partial charge is 0.261 e. The second kappa shape index (κ2) is 11.8. The zero-order valence-corrected chi connectivity index (χ0v) is 27.2. The van der Waals surface area contributed by atoms with Crippen LogP contribution in [-0.4, -0.2) is 65.8 Å². The van der Waals surface area contributed by atoms with Crippen molar-refractivity contribution >= 4 is 22.5 Å². The van der Waals surface area contributed by atoms with E-state index in [1.807, 2.05) is 18.2 Å². The van der Waals surface area contributed by atoms with Crippen LogP contribution in [0.1, 0.15) is 53.0 Å². The average molecular weight is 603 g/mol. The first kappa shape index (κ1) is 30.6. The summed E-state index contributed by atoms with van der Waals surface area (Å²) in [6.07, 6.45) is 4.42. The van der Waals surface area contributed by atoms with Crippen molar-refractivity contribution in [2.45, 2.75) is 78.6 Å². The monoisotopic (exact) mass is 602 g/mol. The SMILES string of the molecule is COc1ccc(CCn2cnc3cc(N(C)/C(=N/[C@H]4C[C@H]5C[C@@H]([C@@H]4C)C5(C)C)N4C[C@H](C)N[C@@H](C)C4)ccc3c2=O)c(F)c1. The molecule has 2 bridgehead atoms. The third-order valence-corrected chi connectivity index (χ3v) is 10.8. The molecule has 2 aromatic carbocycles. The van der Waals surface area contributed by atoms with E-state index in [9.17, 15) is 9.18 Å². The van der Waals surface area contributed by atoms with Crippen molar-refractivity contribution in [2.75, 3.05) is 32.1 Å². The zero-order valence-electron chi connectivity index (χ0n) is 27.2. The van der Waals surface area contributed by atoms with Crippen molar-refractivity contribution in [1.29, 1.82) is 0 Å². The van der Waals surface area contributed by atoms with Gasteiger partial charge in [0.05, 0.1) is 30.4 Å². The maximum Gasteiger partial charge on any atom is 0.261 e. The van der Waals surface area contributed by atoms with Gasteiger partial charge in [-0.05, 0) is 86.1 Å². The van der Waals surface area contributed by atoms with E-state index in [4.69, 9.17) is 9.73 Å². The number of piperazine rings is 1. The van der Waals surface area contributed by atoms with Crippen LogP contribution in [0, 0.1) is 29.0 Å². The third kappa shape index (κ3) is 5.59. The van der Waals surface area contributed by atoms with Gasteiger partial charge < -0.3 is 19.9 Å². The number of aromatic nitrogens is 2. The molecule has 6 atom stereocenters. The lowest BCUT2D eigenvalue weighted by Gasteiger charge is -2.61. The summed E-state index contributed by atoms with van der Waals surface area (Å²) < 4.78 is 21.1. The first-order valence-electron chi connectivity index (χ1n) is 16.1. The Morgan fingerprint density at radius 1 is 1.14 bits per heavy atom. The molecule has 8 nitrogen and oxygen atoms in total. The molecule has 0 unspecified atom stereocenters. The molecule has 3 saturated carbocycles. The normalized spacial score (nSPS) is 28.1. The quantitative estimate of drug-likeness (QED) is 0.304. The molecule has 44 heavy (non-hydrogen) atoms. The summed E-state index contributed by atoms with van der Waals surface area (Å²) in [6, 6.07) is 11.7. The van der Waals surface area contributed by atoms with Gasteiger partial charge in [-0.2, -0.15) is 0 Å². The number of nitrogens with one attached hydrogen (secondary N) is 1. The summed E-state index contributed by atoms with van der Waals surface area (Å²) in [5, 5.41) is 4.20. The van der Waals surface area contributed by atoms with Gasteiger partial charge in [0.25, 0.3) is 5.56 Å². The molecular weight excluding hydrogens is 555 g/mol. The van der Waals surface area contributed by atoms with E-state index < -0.39 is 0 Å². The third-order valence-electron chi connectivity index (χ3n) is 10.8. The minimum absolute atomic E-state index is 0.130. The van der Waals surface area contributed by atoms with E-state index in [2.05, 4.69) is 61.8 Å². The number of hydrogen-bond acceptors (Lipinski definition) is 5. The number of halogens is 1. The van der Waals surface area contributed by atoms with Crippen LogP contribution in [0.2, 0.25) is 0 Å². The summed E-state index contributed by atoms with van der Waals surface area (Å²) in [6.45, 7) is 13.8. The van der Waals surface area contributed by atoms with Crippen LogP contribution in [0.3, 0.4) is 0 Å². The number of rotatable bonds is 6. The standard InChI is InChI=1S/C35H47FN6O2/c1-21-18-42(19-22(2)38-21)34(39-31-15-25-14-29(23(31)3)35(25,4)5)40(6)26-9-11-28-32(16-26)37-20-41(33(28)43)13-12-24-8-10-27(44-7)17-30(24)36/h8-11,16-17,20-23,25,29,31,38H,12-15,18-19H2,1-7H3/b39-34-/t21-,22-,23-,25+,29-,31-/m0/s1. The van der Waals surface area contributed by atoms with Crippen molar-refractivity contribution < 1.29 is 9.13 Å². The van der Waals surface area contributed by atoms with Gasteiger partial charge in [0.15, 0.2) is 0 Å². The Morgan fingerprint density at radius 2 is 1.89 bits per heavy atom. The fourth-order valence-corrected chi connectivity index (χ4v) is 8.04. The second-order valence-corrected chi connectivity index (χ2v) is 14.0. The van der Waals surface area contributed by atoms with Crippen LogP contribution in [0.15, 0.2) is 52.5 Å². The Balaban J connectivity index is 1.27. The highest BCUT2D eigenvalue weighted by Gasteiger charge is 2.56. The lowest BCUT2D eigenvalue weighted by molar-refractivity contribution is -0.108. The van der Waals surface area contributed by atoms with E-state index in [-0.39, 0.29) is 11.4 Å². The van der Waals surface area contributed by atoms with E-state index in [0.29, 0.717) is 64.6 Å². The molecule has 1 saturated heterocycles. The van der Waals surface area contributed by atoms with Gasteiger partial charge in [0.1, 0.15) is 11.6 Å². The van der Waals surface area contributed by atoms with Crippen LogP contribution in [0.4, 0.5) is 10.1 Å². The summed E-state index contributed by atoms with van der Waals surface area (Å²) in [4.78, 5) is 28.2. The lowest BCUT2D eigenvalue weighted by atomic mass is 9.45. The molecule has 236 valence electrons. The van der Waals surface area contributed by atoms with Gasteiger partial charge in [-0.3, -0.25) is 9.36 Å². The van der Waals surface area contributed by atoms with Crippen molar-refractivity contribution in [1.82, 2.24) is 19.8 Å². The van der Waals surface area contributed by atoms with Crippen LogP contribution in [0.25, 0.3) is 10.9 Å². The number of fused-ring (bicyclic) bond motifs is 3. The van der Waals surface area contributed by atoms with E-state index in [0.717, 1.165) is 43.0 Å². The molecule has 0 spiro atoms. The predicted octanol–water partition coefficient (Wildman–Crippen LogP) is 5.33. The minimum atomic E-state index is -0.340. The average Bonchev–Trinajstić information content (AvgIpc) is 2.99. The number of ether oxygens (including phenoxy) is 1. The molecule has 9 heteroatoms. The number of aliphatic imine (C=N–C) groups is 1. The Morgan fingerprint density at radius 3 is 2.55 bits per heavy atom. The van der Waals surface area contributed by atoms with Gasteiger partial charge >= 0.3 is 0 Å². The predicted molar refractivity (Wildman–Crippen MR) is 175 cm³/mol. The zero-order chi connectivity index (χ0) is 31.3. The Hall–Kier alpha value is -3.46. The molecule has 0 amide bonds. The minimum Gasteiger partial charge on any atom is -0.497 e. The highest BCUT2D eigenvalue weighted by Crippen LogP contribution is 2.61. The summed E-state index contributed by atoms with van der Waals surface area (Å²) in [5.74, 6) is 3.12. The van der Waals surface area contributed by atoms with Crippen LogP contribution in [0.5, 0.6) is 5.75 Å². The molecule has 2 heterocycles. The van der Waals surface area contributed by atoms with Gasteiger partial charge in [0.2, 0.25) is 5.96 Å². The van der Waals surface area contributed by atoms with E-state index >= 15 is 0 Å². The molecule has 4 fully saturated rings. The summed E-state index contributed by atoms with van der Waals surface area (Å²) >= 11 is 0. The van der Waals surface area contributed by atoms with E-state index in [1.54, 1.807) is 23.0 Å². The second-order valence-electron chi connectivity index (χ2n) is 14.0. The topological polar surface area (TPSA) is 75.0 Å². The Kier molecular flexibility index (Phi) is 8.20. The molecule has 4 aliphatic rings. The number of hydrogen-bond donors (Lipinski definition) is 1. The van der Waals surface area contributed by atoms with Gasteiger partial charge in [-0.15, -0.1) is 0 Å². The fraction of sp³-hybridized carbons (Fsp3) is 0.571. The van der Waals surface area contributed by atoms with Crippen LogP contribution in [-0.2, 0) is 13.0 Å². The van der Waals surface area contributed by atoms with Gasteiger partial charge in [-0.1, -0.05) is 26.8 Å². The van der Waals surface area contributed by atoms with Gasteiger partial charge in [-0.25, -0.2) is 14.4 Å². The fourth-order valence-electron chi connectivity index (χ4n) is 8.04. The number of benzene rings is 2. The first-order chi connectivity index (χ1) is 21.0. The van der Waals surface area contributed by atoms with E-state index in [1.165, 1.54) is 19.6 Å². The van der Waals surface area contributed by atoms with Crippen molar-refractivity contribution in [3.8, 4) is 5.75 Å². The van der Waals surface area contributed by atoms with Crippen LogP contribution < -0.4 is 20.5 Å². The number of anilines is 1. The summed E-state index contributed by atoms with van der Waals surface area (Å²) in [7, 11) is 3.59. The van der Waals surface area contributed by atoms with Crippen molar-refractivity contribution in [3.63, 3.8) is 0 Å². The number of nitrogens with zero attached hydrogens (tertiary/aromatic N) is 5. The molecule has 7 rings (SSSR count). The maximum absolute atomic E-state index is 14.5. The summed E-state index contributed by atoms with van der Waals surface area (Å²) in [5.41, 5.74) is 2.41. The molecule has 1 aromatic heterocycles. The van der Waals surface area contributed by atoms with Crippen LogP contribution >= 0.6 is 0 Å². The number of guanidine groups is 1. The molecule has 3 aliphatic carbocycles. The number of aryl methyl sites for hydroxylation is 2. The Bertz CT molecular complexity index is 1610. The number of methoxy groups -OCH3 is 1. The molecule has 1 aliphatic heterocycles. The maximum atomic E-state index is 14.5. The Labute approximate surface area is 260 Å². The highest BCUT2D eigenvalue weighted by atomic mass is 19.1. The van der Waals surface area contributed by atoms with Gasteiger partial charge in [0, 0.05) is 50.5 Å². The molecule has 1 N–H and O–H groups in total. The van der Waals surface area contributed by atoms with Crippen molar-refractivity contribution in [2.24, 2.45) is 28.2 Å². The highest BCUT2D eigenvalue weighted by molar-refractivity contribution is 5.97. The molecular formula is C35H47FN6O2. The molecule has 3 aromatic rings. The largest absolute Gasteiger partial charge is 0.497 e. The molecule has 0 radical (unpaired) electrons. The van der Waals surface area contributed by atoms with Crippen molar-refractivity contribution in [3.05, 3.63) is 64.5 Å². The first-order valence-corrected chi connectivity index (χ1v) is 16.1. The lowest BCUT2D eigenvalue weighted by Crippen LogP contribution is -2.60.